The first-order valence-corrected chi connectivity index (χ1v) is 6.06. The van der Waals surface area contributed by atoms with Gasteiger partial charge in [0.25, 0.3) is 0 Å². The minimum Gasteiger partial charge on any atom is -0.504 e. The fourth-order valence-electron chi connectivity index (χ4n) is 1.63. The van der Waals surface area contributed by atoms with E-state index in [1.807, 2.05) is 6.92 Å². The number of rotatable bonds is 6. The molecule has 1 rings (SSSR count). The van der Waals surface area contributed by atoms with Gasteiger partial charge < -0.3 is 25.6 Å². The van der Waals surface area contributed by atoms with Gasteiger partial charge in [0.2, 0.25) is 0 Å². The Labute approximate surface area is 112 Å². The Morgan fingerprint density at radius 2 is 1.84 bits per heavy atom. The molecule has 19 heavy (non-hydrogen) atoms. The van der Waals surface area contributed by atoms with Gasteiger partial charge in [0, 0.05) is 20.2 Å². The van der Waals surface area contributed by atoms with E-state index in [1.54, 1.807) is 7.11 Å². The van der Waals surface area contributed by atoms with Gasteiger partial charge in [0.05, 0.1) is 6.61 Å². The molecule has 0 saturated heterocycles. The van der Waals surface area contributed by atoms with E-state index < -0.39 is 0 Å². The second-order valence-corrected chi connectivity index (χ2v) is 4.19. The molecule has 0 spiro atoms. The summed E-state index contributed by atoms with van der Waals surface area (Å²) in [5.74, 6) is -0.281. The van der Waals surface area contributed by atoms with E-state index in [9.17, 15) is 15.0 Å². The number of phenolic OH excluding ortho intramolecular Hbond substituents is 2. The van der Waals surface area contributed by atoms with Crippen molar-refractivity contribution in [2.75, 3.05) is 26.8 Å². The smallest absolute Gasteiger partial charge is 0.314 e. The highest BCUT2D eigenvalue weighted by molar-refractivity contribution is 5.73. The number of benzene rings is 1. The fraction of sp³-hybridized carbons (Fsp3) is 0.462. The van der Waals surface area contributed by atoms with Crippen LogP contribution in [0, 0.1) is 6.92 Å². The number of carbonyl (C=O) groups excluding carboxylic acids is 1. The summed E-state index contributed by atoms with van der Waals surface area (Å²) in [5.41, 5.74) is 1.75. The van der Waals surface area contributed by atoms with Crippen LogP contribution < -0.4 is 10.6 Å². The van der Waals surface area contributed by atoms with Crippen LogP contribution in [-0.4, -0.2) is 43.1 Å². The first kappa shape index (κ1) is 15.1. The Kier molecular flexibility index (Phi) is 5.95. The van der Waals surface area contributed by atoms with E-state index in [1.165, 1.54) is 12.1 Å². The molecule has 0 saturated carbocycles. The van der Waals surface area contributed by atoms with Crippen molar-refractivity contribution in [3.05, 3.63) is 23.3 Å². The summed E-state index contributed by atoms with van der Waals surface area (Å²) < 4.78 is 4.81. The molecule has 0 atom stereocenters. The number of ether oxygens (including phenoxy) is 1. The Morgan fingerprint density at radius 3 is 2.53 bits per heavy atom. The van der Waals surface area contributed by atoms with Gasteiger partial charge in [-0.15, -0.1) is 0 Å². The second-order valence-electron chi connectivity index (χ2n) is 4.19. The van der Waals surface area contributed by atoms with Gasteiger partial charge >= 0.3 is 6.03 Å². The maximum atomic E-state index is 11.3. The Bertz CT molecular complexity index is 435. The van der Waals surface area contributed by atoms with Crippen LogP contribution in [-0.2, 0) is 11.2 Å². The molecule has 0 bridgehead atoms. The summed E-state index contributed by atoms with van der Waals surface area (Å²) in [7, 11) is 1.57. The van der Waals surface area contributed by atoms with Gasteiger partial charge in [0.15, 0.2) is 11.5 Å². The maximum absolute atomic E-state index is 11.3. The van der Waals surface area contributed by atoms with Crippen LogP contribution in [0.4, 0.5) is 4.79 Å². The summed E-state index contributed by atoms with van der Waals surface area (Å²) in [6.07, 6.45) is 0.581. The van der Waals surface area contributed by atoms with Gasteiger partial charge in [0.1, 0.15) is 0 Å². The molecule has 0 fully saturated rings. The summed E-state index contributed by atoms with van der Waals surface area (Å²) in [4.78, 5) is 11.3. The molecule has 0 aliphatic heterocycles. The quantitative estimate of drug-likeness (QED) is 0.455. The Morgan fingerprint density at radius 1 is 1.21 bits per heavy atom. The molecule has 6 nitrogen and oxygen atoms in total. The van der Waals surface area contributed by atoms with Gasteiger partial charge in [-0.1, -0.05) is 0 Å². The predicted octanol–water partition coefficient (Wildman–Crippen LogP) is 0.894. The number of amides is 2. The number of hydrogen-bond donors (Lipinski definition) is 4. The summed E-state index contributed by atoms with van der Waals surface area (Å²) in [6.45, 7) is 3.22. The molecule has 0 aromatic heterocycles. The van der Waals surface area contributed by atoms with Crippen molar-refractivity contribution in [1.82, 2.24) is 10.6 Å². The number of methoxy groups -OCH3 is 1. The summed E-state index contributed by atoms with van der Waals surface area (Å²) >= 11 is 0. The number of aryl methyl sites for hydroxylation is 1. The van der Waals surface area contributed by atoms with E-state index >= 15 is 0 Å². The van der Waals surface area contributed by atoms with Crippen LogP contribution in [0.2, 0.25) is 0 Å². The molecular weight excluding hydrogens is 248 g/mol. The molecule has 1 aromatic rings. The van der Waals surface area contributed by atoms with Crippen molar-refractivity contribution in [2.24, 2.45) is 0 Å². The summed E-state index contributed by atoms with van der Waals surface area (Å²) in [5, 5.41) is 24.1. The topological polar surface area (TPSA) is 90.8 Å². The van der Waals surface area contributed by atoms with Crippen LogP contribution in [0.15, 0.2) is 12.1 Å². The third-order valence-electron chi connectivity index (χ3n) is 2.70. The minimum absolute atomic E-state index is 0.133. The number of hydrogen-bond acceptors (Lipinski definition) is 4. The molecule has 0 aliphatic carbocycles. The summed E-state index contributed by atoms with van der Waals surface area (Å²) in [6, 6.07) is 2.76. The van der Waals surface area contributed by atoms with Crippen molar-refractivity contribution < 1.29 is 19.7 Å². The van der Waals surface area contributed by atoms with E-state index in [4.69, 9.17) is 4.74 Å². The van der Waals surface area contributed by atoms with Gasteiger partial charge in [-0.25, -0.2) is 4.79 Å². The van der Waals surface area contributed by atoms with Crippen LogP contribution in [0.25, 0.3) is 0 Å². The SMILES string of the molecule is COCCNC(=O)NCCc1cc(O)c(O)cc1C. The largest absolute Gasteiger partial charge is 0.504 e. The molecule has 106 valence electrons. The molecule has 0 radical (unpaired) electrons. The lowest BCUT2D eigenvalue weighted by molar-refractivity contribution is 0.196. The zero-order valence-electron chi connectivity index (χ0n) is 11.2. The second kappa shape index (κ2) is 7.48. The maximum Gasteiger partial charge on any atom is 0.314 e. The number of carbonyl (C=O) groups is 1. The van der Waals surface area contributed by atoms with Gasteiger partial charge in [-0.2, -0.15) is 0 Å². The third kappa shape index (κ3) is 5.05. The Hall–Kier alpha value is -1.95. The van der Waals surface area contributed by atoms with Gasteiger partial charge in [-0.3, -0.25) is 0 Å². The molecule has 6 heteroatoms. The van der Waals surface area contributed by atoms with E-state index in [-0.39, 0.29) is 17.5 Å². The minimum atomic E-state index is -0.252. The Balaban J connectivity index is 2.37. The number of urea groups is 1. The highest BCUT2D eigenvalue weighted by Crippen LogP contribution is 2.27. The van der Waals surface area contributed by atoms with Gasteiger partial charge in [-0.05, 0) is 36.6 Å². The molecule has 0 unspecified atom stereocenters. The number of phenols is 2. The lowest BCUT2D eigenvalue weighted by Gasteiger charge is -2.10. The molecule has 4 N–H and O–H groups in total. The van der Waals surface area contributed by atoms with Crippen LogP contribution >= 0.6 is 0 Å². The van der Waals surface area contributed by atoms with E-state index in [0.29, 0.717) is 26.1 Å². The first-order valence-electron chi connectivity index (χ1n) is 6.06. The first-order chi connectivity index (χ1) is 9.04. The highest BCUT2D eigenvalue weighted by Gasteiger charge is 2.06. The van der Waals surface area contributed by atoms with Crippen LogP contribution in [0.1, 0.15) is 11.1 Å². The molecule has 0 heterocycles. The van der Waals surface area contributed by atoms with Crippen LogP contribution in [0.3, 0.4) is 0 Å². The van der Waals surface area contributed by atoms with E-state index in [0.717, 1.165) is 11.1 Å². The van der Waals surface area contributed by atoms with Crippen molar-refractivity contribution in [3.63, 3.8) is 0 Å². The van der Waals surface area contributed by atoms with E-state index in [2.05, 4.69) is 10.6 Å². The average molecular weight is 268 g/mol. The fourth-order valence-corrected chi connectivity index (χ4v) is 1.63. The van der Waals surface area contributed by atoms with Crippen molar-refractivity contribution in [1.29, 1.82) is 0 Å². The number of aromatic hydroxyl groups is 2. The monoisotopic (exact) mass is 268 g/mol. The molecule has 0 aliphatic rings. The lowest BCUT2D eigenvalue weighted by Crippen LogP contribution is -2.38. The third-order valence-corrected chi connectivity index (χ3v) is 2.70. The van der Waals surface area contributed by atoms with Crippen LogP contribution in [0.5, 0.6) is 11.5 Å². The molecule has 2 amide bonds. The zero-order chi connectivity index (χ0) is 14.3. The van der Waals surface area contributed by atoms with Crippen molar-refractivity contribution in [3.8, 4) is 11.5 Å². The standard InChI is InChI=1S/C13H20N2O4/c1-9-7-11(16)12(17)8-10(9)3-4-14-13(18)15-5-6-19-2/h7-8,16-17H,3-6H2,1-2H3,(H2,14,15,18). The predicted molar refractivity (Wildman–Crippen MR) is 71.5 cm³/mol. The van der Waals surface area contributed by atoms with Crippen molar-refractivity contribution in [2.45, 2.75) is 13.3 Å². The number of nitrogens with one attached hydrogen (secondary N) is 2. The zero-order valence-corrected chi connectivity index (χ0v) is 11.2. The molecular formula is C13H20N2O4. The molecule has 1 aromatic carbocycles. The van der Waals surface area contributed by atoms with Crippen molar-refractivity contribution >= 4 is 6.03 Å². The lowest BCUT2D eigenvalue weighted by atomic mass is 10.0. The normalized spacial score (nSPS) is 10.2. The average Bonchev–Trinajstić information content (AvgIpc) is 2.36. The highest BCUT2D eigenvalue weighted by atomic mass is 16.5.